The van der Waals surface area contributed by atoms with Crippen LogP contribution in [0, 0.1) is 47.3 Å². The summed E-state index contributed by atoms with van der Waals surface area (Å²) in [5.41, 5.74) is 0. The van der Waals surface area contributed by atoms with E-state index in [4.69, 9.17) is 4.74 Å². The van der Waals surface area contributed by atoms with Gasteiger partial charge in [-0.3, -0.25) is 4.79 Å². The minimum atomic E-state index is -0.0495. The molecule has 0 saturated heterocycles. The molecule has 0 amide bonds. The number of hydrogen-bond acceptors (Lipinski definition) is 2. The predicted molar refractivity (Wildman–Crippen MR) is 110 cm³/mol. The van der Waals surface area contributed by atoms with E-state index >= 15 is 0 Å². The quantitative estimate of drug-likeness (QED) is 0.285. The zero-order valence-corrected chi connectivity index (χ0v) is 17.1. The van der Waals surface area contributed by atoms with Crippen LogP contribution in [0.4, 0.5) is 0 Å². The Kier molecular flexibility index (Phi) is 5.90. The van der Waals surface area contributed by atoms with Gasteiger partial charge in [-0.05, 0) is 74.0 Å². The first-order valence-electron chi connectivity index (χ1n) is 11.3. The number of esters is 1. The van der Waals surface area contributed by atoms with Crippen LogP contribution in [0.1, 0.15) is 58.3 Å². The maximum atomic E-state index is 12.2. The van der Waals surface area contributed by atoms with Crippen LogP contribution in [0.5, 0.6) is 0 Å². The third kappa shape index (κ3) is 3.45. The minimum absolute atomic E-state index is 0.0474. The van der Waals surface area contributed by atoms with Crippen molar-refractivity contribution < 1.29 is 9.53 Å². The minimum Gasteiger partial charge on any atom is -0.469 e. The lowest BCUT2D eigenvalue weighted by atomic mass is 9.50. The van der Waals surface area contributed by atoms with Crippen molar-refractivity contribution in [2.24, 2.45) is 47.3 Å². The Morgan fingerprint density at radius 3 is 2.59 bits per heavy atom. The summed E-state index contributed by atoms with van der Waals surface area (Å²) in [6, 6.07) is 0. The fraction of sp³-hybridized carbons (Fsp3) is 0.720. The molecule has 2 nitrogen and oxygen atoms in total. The molecule has 0 aromatic carbocycles. The first kappa shape index (κ1) is 19.0. The Morgan fingerprint density at radius 2 is 1.78 bits per heavy atom. The molecule has 0 aromatic heterocycles. The second-order valence-electron chi connectivity index (χ2n) is 9.27. The molecular weight excluding hydrogens is 332 g/mol. The Labute approximate surface area is 165 Å². The standard InChI is InChI=1S/C25H36O2/c1-3-4-5-6-7-8-9-10-11-18-19-14-15-20-21(25(26)27-2)13-12-17-16-22(18)24(19)23(17)20/h3-4,12-15,17-24H,5-11,16H2,1-2H3/b4-3+/t17-,18+,19+,20+,21+,22-,23+,24+/m0/s1. The van der Waals surface area contributed by atoms with E-state index in [9.17, 15) is 4.79 Å². The van der Waals surface area contributed by atoms with E-state index < -0.39 is 0 Å². The summed E-state index contributed by atoms with van der Waals surface area (Å²) in [5.74, 6) is 5.14. The Balaban J connectivity index is 1.29. The van der Waals surface area contributed by atoms with Gasteiger partial charge in [-0.1, -0.05) is 62.1 Å². The van der Waals surface area contributed by atoms with Crippen LogP contribution in [-0.2, 0) is 9.53 Å². The lowest BCUT2D eigenvalue weighted by Crippen LogP contribution is -2.50. The Bertz CT molecular complexity index is 616. The molecule has 0 spiro atoms. The molecule has 27 heavy (non-hydrogen) atoms. The van der Waals surface area contributed by atoms with Gasteiger partial charge in [-0.25, -0.2) is 0 Å². The van der Waals surface area contributed by atoms with Crippen molar-refractivity contribution in [1.29, 1.82) is 0 Å². The smallest absolute Gasteiger partial charge is 0.313 e. The average molecular weight is 369 g/mol. The Hall–Kier alpha value is -1.31. The van der Waals surface area contributed by atoms with Crippen LogP contribution in [-0.4, -0.2) is 13.1 Å². The lowest BCUT2D eigenvalue weighted by molar-refractivity contribution is -0.146. The van der Waals surface area contributed by atoms with Crippen molar-refractivity contribution in [3.8, 4) is 0 Å². The first-order valence-corrected chi connectivity index (χ1v) is 11.3. The summed E-state index contributed by atoms with van der Waals surface area (Å²) in [5, 5.41) is 0. The average Bonchev–Trinajstić information content (AvgIpc) is 3.03. The number of unbranched alkanes of at least 4 members (excludes halogenated alkanes) is 5. The molecule has 0 heterocycles. The predicted octanol–water partition coefficient (Wildman–Crippen LogP) is 5.95. The lowest BCUT2D eigenvalue weighted by Gasteiger charge is -2.54. The molecule has 4 aliphatic carbocycles. The van der Waals surface area contributed by atoms with Crippen molar-refractivity contribution in [3.63, 3.8) is 0 Å². The van der Waals surface area contributed by atoms with Gasteiger partial charge in [0.15, 0.2) is 0 Å². The SMILES string of the molecule is C/C=C/CCCCCCC[C@@H]1[C@H]2C=C[C@H]3[C@@H]4[C@H]2[C@H]1C[C@@H]4C=C[C@H]3C(=O)OC. The number of hydrogen-bond donors (Lipinski definition) is 0. The van der Waals surface area contributed by atoms with Crippen LogP contribution in [0.2, 0.25) is 0 Å². The highest BCUT2D eigenvalue weighted by Gasteiger charge is 2.62. The molecule has 2 saturated carbocycles. The summed E-state index contributed by atoms with van der Waals surface area (Å²) < 4.78 is 5.07. The number of ether oxygens (including phenoxy) is 1. The number of carbonyl (C=O) groups excluding carboxylic acids is 1. The van der Waals surface area contributed by atoms with Gasteiger partial charge in [-0.15, -0.1) is 0 Å². The monoisotopic (exact) mass is 368 g/mol. The maximum Gasteiger partial charge on any atom is 0.313 e. The van der Waals surface area contributed by atoms with Crippen molar-refractivity contribution in [1.82, 2.24) is 0 Å². The summed E-state index contributed by atoms with van der Waals surface area (Å²) >= 11 is 0. The topological polar surface area (TPSA) is 26.3 Å². The third-order valence-electron chi connectivity index (χ3n) is 8.06. The molecule has 4 rings (SSSR count). The molecule has 0 N–H and O–H groups in total. The number of methoxy groups -OCH3 is 1. The molecule has 0 unspecified atom stereocenters. The summed E-state index contributed by atoms with van der Waals surface area (Å²) in [4.78, 5) is 12.2. The second-order valence-corrected chi connectivity index (χ2v) is 9.27. The summed E-state index contributed by atoms with van der Waals surface area (Å²) in [6.07, 6.45) is 24.8. The molecule has 2 fully saturated rings. The second kappa shape index (κ2) is 8.37. The van der Waals surface area contributed by atoms with Crippen LogP contribution < -0.4 is 0 Å². The largest absolute Gasteiger partial charge is 0.469 e. The highest BCUT2D eigenvalue weighted by molar-refractivity contribution is 5.75. The zero-order chi connectivity index (χ0) is 18.8. The molecule has 0 radical (unpaired) electrons. The third-order valence-corrected chi connectivity index (χ3v) is 8.06. The molecule has 4 aliphatic rings. The molecule has 0 aromatic rings. The van der Waals surface area contributed by atoms with Gasteiger partial charge < -0.3 is 4.74 Å². The van der Waals surface area contributed by atoms with E-state index in [2.05, 4.69) is 43.4 Å². The Morgan fingerprint density at radius 1 is 1.00 bits per heavy atom. The molecular formula is C25H36O2. The number of carbonyl (C=O) groups is 1. The highest BCUT2D eigenvalue weighted by atomic mass is 16.5. The van der Waals surface area contributed by atoms with E-state index in [1.54, 1.807) is 0 Å². The van der Waals surface area contributed by atoms with Crippen LogP contribution in [0.15, 0.2) is 36.5 Å². The fourth-order valence-corrected chi connectivity index (χ4v) is 6.90. The molecule has 8 atom stereocenters. The maximum absolute atomic E-state index is 12.2. The van der Waals surface area contributed by atoms with Crippen LogP contribution >= 0.6 is 0 Å². The van der Waals surface area contributed by atoms with Crippen LogP contribution in [0.25, 0.3) is 0 Å². The van der Waals surface area contributed by atoms with Gasteiger partial charge in [0.1, 0.15) is 0 Å². The van der Waals surface area contributed by atoms with Crippen molar-refractivity contribution in [3.05, 3.63) is 36.5 Å². The van der Waals surface area contributed by atoms with Gasteiger partial charge in [0.05, 0.1) is 13.0 Å². The summed E-state index contributed by atoms with van der Waals surface area (Å²) in [6.45, 7) is 2.11. The molecule has 0 bridgehead atoms. The van der Waals surface area contributed by atoms with Gasteiger partial charge >= 0.3 is 5.97 Å². The van der Waals surface area contributed by atoms with E-state index in [1.807, 2.05) is 0 Å². The van der Waals surface area contributed by atoms with Crippen molar-refractivity contribution in [2.45, 2.75) is 58.3 Å². The fourth-order valence-electron chi connectivity index (χ4n) is 6.90. The first-order chi connectivity index (χ1) is 13.3. The molecule has 2 heteroatoms. The molecule has 148 valence electrons. The van der Waals surface area contributed by atoms with E-state index in [0.29, 0.717) is 17.8 Å². The number of rotatable bonds is 9. The van der Waals surface area contributed by atoms with E-state index in [1.165, 1.54) is 58.5 Å². The highest BCUT2D eigenvalue weighted by Crippen LogP contribution is 2.67. The van der Waals surface area contributed by atoms with Crippen molar-refractivity contribution >= 4 is 5.97 Å². The van der Waals surface area contributed by atoms with Gasteiger partial charge in [-0.2, -0.15) is 0 Å². The van der Waals surface area contributed by atoms with Gasteiger partial charge in [0, 0.05) is 0 Å². The van der Waals surface area contributed by atoms with Crippen molar-refractivity contribution in [2.75, 3.05) is 7.11 Å². The zero-order valence-electron chi connectivity index (χ0n) is 17.1. The van der Waals surface area contributed by atoms with E-state index in [-0.39, 0.29) is 11.9 Å². The normalized spacial score (nSPS) is 40.8. The van der Waals surface area contributed by atoms with Gasteiger partial charge in [0.2, 0.25) is 0 Å². The number of allylic oxidation sites excluding steroid dienone is 5. The van der Waals surface area contributed by atoms with E-state index in [0.717, 1.165) is 23.7 Å². The molecule has 0 aliphatic heterocycles. The summed E-state index contributed by atoms with van der Waals surface area (Å²) in [7, 11) is 1.52. The van der Waals surface area contributed by atoms with Crippen LogP contribution in [0.3, 0.4) is 0 Å². The van der Waals surface area contributed by atoms with Gasteiger partial charge in [0.25, 0.3) is 0 Å².